The minimum atomic E-state index is -0.372. The molecule has 0 aliphatic rings. The van der Waals surface area contributed by atoms with Crippen LogP contribution in [0.5, 0.6) is 5.75 Å². The molecule has 0 unspecified atom stereocenters. The van der Waals surface area contributed by atoms with E-state index in [4.69, 9.17) is 16.3 Å². The van der Waals surface area contributed by atoms with Crippen molar-refractivity contribution in [3.05, 3.63) is 22.7 Å². The van der Waals surface area contributed by atoms with Crippen molar-refractivity contribution in [2.45, 2.75) is 26.3 Å². The summed E-state index contributed by atoms with van der Waals surface area (Å²) in [6.45, 7) is 5.86. The van der Waals surface area contributed by atoms with E-state index in [1.807, 2.05) is 32.9 Å². The molecule has 1 aromatic rings. The molecule has 0 aliphatic carbocycles. The number of hydrogen-bond donors (Lipinski definition) is 2. The number of aliphatic hydroxyl groups is 1. The Kier molecular flexibility index (Phi) is 4.05. The van der Waals surface area contributed by atoms with Crippen molar-refractivity contribution in [1.82, 2.24) is 0 Å². The van der Waals surface area contributed by atoms with Gasteiger partial charge in [0.05, 0.1) is 24.3 Å². The van der Waals surface area contributed by atoms with Crippen molar-refractivity contribution in [2.24, 2.45) is 0 Å². The number of ether oxygens (including phenoxy) is 1. The molecule has 0 fully saturated rings. The summed E-state index contributed by atoms with van der Waals surface area (Å²) >= 11 is 6.05. The molecule has 90 valence electrons. The second-order valence-corrected chi connectivity index (χ2v) is 4.88. The molecule has 0 spiro atoms. The molecule has 4 heteroatoms. The molecule has 1 aromatic carbocycles. The molecule has 3 nitrogen and oxygen atoms in total. The fourth-order valence-corrected chi connectivity index (χ4v) is 1.59. The number of nitrogens with one attached hydrogen (secondary N) is 1. The first-order valence-corrected chi connectivity index (χ1v) is 5.50. The van der Waals surface area contributed by atoms with E-state index in [0.29, 0.717) is 10.8 Å². The lowest BCUT2D eigenvalue weighted by Crippen LogP contribution is -2.35. The Labute approximate surface area is 101 Å². The van der Waals surface area contributed by atoms with Crippen molar-refractivity contribution in [2.75, 3.05) is 19.0 Å². The van der Waals surface area contributed by atoms with Gasteiger partial charge in [-0.3, -0.25) is 0 Å². The SMILES string of the molecule is COc1cc(C)c(NC(C)(C)CO)cc1Cl. The van der Waals surface area contributed by atoms with Gasteiger partial charge in [0.15, 0.2) is 0 Å². The predicted octanol–water partition coefficient (Wildman–Crippen LogP) is 2.84. The number of aliphatic hydroxyl groups excluding tert-OH is 1. The predicted molar refractivity (Wildman–Crippen MR) is 67.5 cm³/mol. The van der Waals surface area contributed by atoms with Crippen molar-refractivity contribution < 1.29 is 9.84 Å². The number of benzene rings is 1. The molecule has 0 saturated heterocycles. The molecule has 0 bridgehead atoms. The molecule has 16 heavy (non-hydrogen) atoms. The average molecular weight is 244 g/mol. The molecule has 0 radical (unpaired) electrons. The largest absolute Gasteiger partial charge is 0.495 e. The highest BCUT2D eigenvalue weighted by atomic mass is 35.5. The van der Waals surface area contributed by atoms with Gasteiger partial charge < -0.3 is 15.2 Å². The maximum absolute atomic E-state index is 9.20. The maximum Gasteiger partial charge on any atom is 0.137 e. The molecular weight excluding hydrogens is 226 g/mol. The summed E-state index contributed by atoms with van der Waals surface area (Å²) in [5.41, 5.74) is 1.57. The number of halogens is 1. The van der Waals surface area contributed by atoms with Gasteiger partial charge in [0.2, 0.25) is 0 Å². The van der Waals surface area contributed by atoms with Gasteiger partial charge in [-0.05, 0) is 38.5 Å². The van der Waals surface area contributed by atoms with Gasteiger partial charge in [-0.2, -0.15) is 0 Å². The second kappa shape index (κ2) is 4.93. The van der Waals surface area contributed by atoms with Crippen LogP contribution >= 0.6 is 11.6 Å². The van der Waals surface area contributed by atoms with Gasteiger partial charge in [0.25, 0.3) is 0 Å². The van der Waals surface area contributed by atoms with E-state index in [1.165, 1.54) is 0 Å². The van der Waals surface area contributed by atoms with E-state index in [0.717, 1.165) is 11.3 Å². The quantitative estimate of drug-likeness (QED) is 0.855. The van der Waals surface area contributed by atoms with E-state index in [9.17, 15) is 5.11 Å². The van der Waals surface area contributed by atoms with Crippen LogP contribution in [0.15, 0.2) is 12.1 Å². The zero-order valence-corrected chi connectivity index (χ0v) is 10.9. The van der Waals surface area contributed by atoms with Gasteiger partial charge >= 0.3 is 0 Å². The summed E-state index contributed by atoms with van der Waals surface area (Å²) in [6, 6.07) is 3.69. The third-order valence-corrected chi connectivity index (χ3v) is 2.66. The fraction of sp³-hybridized carbons (Fsp3) is 0.500. The second-order valence-electron chi connectivity index (χ2n) is 4.47. The summed E-state index contributed by atoms with van der Waals surface area (Å²) in [7, 11) is 1.59. The van der Waals surface area contributed by atoms with Crippen LogP contribution in [-0.4, -0.2) is 24.4 Å². The zero-order chi connectivity index (χ0) is 12.3. The van der Waals surface area contributed by atoms with Crippen LogP contribution in [-0.2, 0) is 0 Å². The number of aryl methyl sites for hydroxylation is 1. The molecule has 1 rings (SSSR count). The summed E-state index contributed by atoms with van der Waals surface area (Å²) < 4.78 is 5.13. The molecule has 0 saturated carbocycles. The lowest BCUT2D eigenvalue weighted by molar-refractivity contribution is 0.234. The molecule has 0 aliphatic heterocycles. The smallest absolute Gasteiger partial charge is 0.137 e. The first-order chi connectivity index (χ1) is 7.39. The summed E-state index contributed by atoms with van der Waals surface area (Å²) in [6.07, 6.45) is 0. The molecule has 0 amide bonds. The highest BCUT2D eigenvalue weighted by molar-refractivity contribution is 6.32. The van der Waals surface area contributed by atoms with E-state index < -0.39 is 0 Å². The Morgan fingerprint density at radius 3 is 2.56 bits per heavy atom. The van der Waals surface area contributed by atoms with Crippen LogP contribution in [0.2, 0.25) is 5.02 Å². The normalized spacial score (nSPS) is 11.4. The number of hydrogen-bond acceptors (Lipinski definition) is 3. The van der Waals surface area contributed by atoms with Crippen LogP contribution < -0.4 is 10.1 Å². The Bertz CT molecular complexity index is 378. The van der Waals surface area contributed by atoms with E-state index in [-0.39, 0.29) is 12.1 Å². The summed E-state index contributed by atoms with van der Waals surface area (Å²) in [5, 5.41) is 13.0. The van der Waals surface area contributed by atoms with Crippen LogP contribution in [0.1, 0.15) is 19.4 Å². The van der Waals surface area contributed by atoms with Crippen molar-refractivity contribution in [1.29, 1.82) is 0 Å². The van der Waals surface area contributed by atoms with Crippen LogP contribution in [0, 0.1) is 6.92 Å². The third kappa shape index (κ3) is 3.03. The van der Waals surface area contributed by atoms with Crippen molar-refractivity contribution in [3.63, 3.8) is 0 Å². The first kappa shape index (κ1) is 13.1. The van der Waals surface area contributed by atoms with Gasteiger partial charge in [0, 0.05) is 5.69 Å². The topological polar surface area (TPSA) is 41.5 Å². The zero-order valence-electron chi connectivity index (χ0n) is 10.1. The first-order valence-electron chi connectivity index (χ1n) is 5.13. The molecule has 0 atom stereocenters. The minimum Gasteiger partial charge on any atom is -0.495 e. The lowest BCUT2D eigenvalue weighted by Gasteiger charge is -2.26. The van der Waals surface area contributed by atoms with Crippen LogP contribution in [0.25, 0.3) is 0 Å². The molecule has 0 aromatic heterocycles. The van der Waals surface area contributed by atoms with Crippen LogP contribution in [0.3, 0.4) is 0 Å². The van der Waals surface area contributed by atoms with E-state index >= 15 is 0 Å². The molecular formula is C12H18ClNO2. The van der Waals surface area contributed by atoms with Crippen molar-refractivity contribution in [3.8, 4) is 5.75 Å². The standard InChI is InChI=1S/C12H18ClNO2/c1-8-5-11(16-4)9(13)6-10(8)14-12(2,3)7-15/h5-6,14-15H,7H2,1-4H3. The minimum absolute atomic E-state index is 0.0517. The fourth-order valence-electron chi connectivity index (χ4n) is 1.35. The Morgan fingerprint density at radius 1 is 1.44 bits per heavy atom. The summed E-state index contributed by atoms with van der Waals surface area (Å²) in [4.78, 5) is 0. The monoisotopic (exact) mass is 243 g/mol. The average Bonchev–Trinajstić information content (AvgIpc) is 2.22. The number of rotatable bonds is 4. The molecule has 2 N–H and O–H groups in total. The third-order valence-electron chi connectivity index (χ3n) is 2.37. The highest BCUT2D eigenvalue weighted by Crippen LogP contribution is 2.31. The number of methoxy groups -OCH3 is 1. The lowest BCUT2D eigenvalue weighted by atomic mass is 10.1. The van der Waals surface area contributed by atoms with Gasteiger partial charge in [-0.25, -0.2) is 0 Å². The Balaban J connectivity index is 3.02. The Morgan fingerprint density at radius 2 is 2.06 bits per heavy atom. The van der Waals surface area contributed by atoms with Crippen LogP contribution in [0.4, 0.5) is 5.69 Å². The van der Waals surface area contributed by atoms with Gasteiger partial charge in [0.1, 0.15) is 5.75 Å². The highest BCUT2D eigenvalue weighted by Gasteiger charge is 2.17. The summed E-state index contributed by atoms with van der Waals surface area (Å²) in [5.74, 6) is 0.659. The van der Waals surface area contributed by atoms with Gasteiger partial charge in [-0.15, -0.1) is 0 Å². The maximum atomic E-state index is 9.20. The van der Waals surface area contributed by atoms with E-state index in [1.54, 1.807) is 7.11 Å². The van der Waals surface area contributed by atoms with Gasteiger partial charge in [-0.1, -0.05) is 11.6 Å². The van der Waals surface area contributed by atoms with E-state index in [2.05, 4.69) is 5.32 Å². The Hall–Kier alpha value is -0.930. The van der Waals surface area contributed by atoms with Crippen molar-refractivity contribution >= 4 is 17.3 Å². The number of anilines is 1. The molecule has 0 heterocycles.